The SMILES string of the molecule is CCCCCCCCCCCCCCCCCCOC1=C(OC(=O)c2ccccc2)[C@@H]([C@@H](O)CO)OC1=O. The lowest BCUT2D eigenvalue weighted by molar-refractivity contribution is -0.148. The lowest BCUT2D eigenvalue weighted by Gasteiger charge is -2.17. The van der Waals surface area contributed by atoms with Gasteiger partial charge in [0.1, 0.15) is 6.10 Å². The fraction of sp³-hybridized carbons (Fsp3) is 0.677. The predicted octanol–water partition coefficient (Wildman–Crippen LogP) is 6.61. The zero-order valence-electron chi connectivity index (χ0n) is 23.2. The highest BCUT2D eigenvalue weighted by Crippen LogP contribution is 2.28. The van der Waals surface area contributed by atoms with Crippen molar-refractivity contribution >= 4 is 11.9 Å². The van der Waals surface area contributed by atoms with Crippen molar-refractivity contribution in [3.63, 3.8) is 0 Å². The number of esters is 2. The molecule has 1 aliphatic heterocycles. The van der Waals surface area contributed by atoms with E-state index >= 15 is 0 Å². The Bertz CT molecular complexity index is 821. The standard InChI is InChI=1S/C31H48O7/c1-2-3-4-5-6-7-8-9-10-11-12-13-14-15-16-20-23-36-29-28(27(26(33)24-32)37-31(29)35)38-30(34)25-21-18-17-19-22-25/h17-19,21-22,26-27,32-33H,2-16,20,23-24H2,1H3/t26-,27+/m0/s1. The van der Waals surface area contributed by atoms with Gasteiger partial charge in [0.2, 0.25) is 11.5 Å². The lowest BCUT2D eigenvalue weighted by atomic mass is 10.0. The molecule has 2 rings (SSSR count). The molecule has 0 bridgehead atoms. The molecular formula is C31H48O7. The first-order valence-corrected chi connectivity index (χ1v) is 14.7. The van der Waals surface area contributed by atoms with Crippen molar-refractivity contribution in [3.8, 4) is 0 Å². The molecule has 7 nitrogen and oxygen atoms in total. The van der Waals surface area contributed by atoms with Crippen molar-refractivity contribution in [2.75, 3.05) is 13.2 Å². The lowest BCUT2D eigenvalue weighted by Crippen LogP contribution is -2.33. The molecule has 1 heterocycles. The Balaban J connectivity index is 1.61. The Labute approximate surface area is 228 Å². The highest BCUT2D eigenvalue weighted by molar-refractivity contribution is 5.93. The second-order valence-corrected chi connectivity index (χ2v) is 10.2. The van der Waals surface area contributed by atoms with Gasteiger partial charge >= 0.3 is 11.9 Å². The van der Waals surface area contributed by atoms with Gasteiger partial charge < -0.3 is 24.4 Å². The number of aliphatic hydroxyl groups excluding tert-OH is 2. The van der Waals surface area contributed by atoms with E-state index in [0.29, 0.717) is 0 Å². The second kappa shape index (κ2) is 19.7. The Kier molecular flexibility index (Phi) is 16.5. The molecule has 0 aliphatic carbocycles. The maximum absolute atomic E-state index is 12.5. The molecule has 2 N–H and O–H groups in total. The molecule has 38 heavy (non-hydrogen) atoms. The molecule has 0 aromatic heterocycles. The summed E-state index contributed by atoms with van der Waals surface area (Å²) >= 11 is 0. The molecule has 1 aliphatic rings. The molecule has 0 spiro atoms. The fourth-order valence-electron chi connectivity index (χ4n) is 4.59. The quantitative estimate of drug-likeness (QED) is 0.128. The molecular weight excluding hydrogens is 484 g/mol. The number of benzene rings is 1. The average Bonchev–Trinajstić information content (AvgIpc) is 3.24. The van der Waals surface area contributed by atoms with Gasteiger partial charge in [0.25, 0.3) is 0 Å². The first kappa shape index (κ1) is 31.8. The van der Waals surface area contributed by atoms with E-state index in [1.54, 1.807) is 30.3 Å². The number of ether oxygens (including phenoxy) is 3. The molecule has 1 aromatic rings. The number of hydrogen-bond donors (Lipinski definition) is 2. The Morgan fingerprint density at radius 3 is 1.84 bits per heavy atom. The molecule has 2 atom stereocenters. The molecule has 0 saturated heterocycles. The number of hydrogen-bond acceptors (Lipinski definition) is 7. The molecule has 0 fully saturated rings. The van der Waals surface area contributed by atoms with Crippen LogP contribution in [0, 0.1) is 0 Å². The first-order chi connectivity index (χ1) is 18.6. The van der Waals surface area contributed by atoms with Crippen LogP contribution in [-0.2, 0) is 19.0 Å². The van der Waals surface area contributed by atoms with Crippen molar-refractivity contribution in [1.29, 1.82) is 0 Å². The van der Waals surface area contributed by atoms with Crippen molar-refractivity contribution in [2.45, 2.75) is 122 Å². The van der Waals surface area contributed by atoms with E-state index < -0.39 is 30.8 Å². The van der Waals surface area contributed by atoms with E-state index in [-0.39, 0.29) is 23.7 Å². The average molecular weight is 533 g/mol. The molecule has 214 valence electrons. The molecule has 7 heteroatoms. The van der Waals surface area contributed by atoms with Crippen LogP contribution in [0.25, 0.3) is 0 Å². The highest BCUT2D eigenvalue weighted by Gasteiger charge is 2.43. The van der Waals surface area contributed by atoms with Gasteiger partial charge in [-0.15, -0.1) is 0 Å². The van der Waals surface area contributed by atoms with Crippen LogP contribution < -0.4 is 0 Å². The minimum Gasteiger partial charge on any atom is -0.484 e. The van der Waals surface area contributed by atoms with Gasteiger partial charge in [0, 0.05) is 0 Å². The van der Waals surface area contributed by atoms with Crippen LogP contribution >= 0.6 is 0 Å². The number of carbonyl (C=O) groups is 2. The summed E-state index contributed by atoms with van der Waals surface area (Å²) in [5, 5.41) is 19.4. The van der Waals surface area contributed by atoms with Gasteiger partial charge in [-0.3, -0.25) is 0 Å². The van der Waals surface area contributed by atoms with E-state index in [0.717, 1.165) is 19.3 Å². The summed E-state index contributed by atoms with van der Waals surface area (Å²) in [5.74, 6) is -1.91. The van der Waals surface area contributed by atoms with Crippen LogP contribution in [0.2, 0.25) is 0 Å². The Morgan fingerprint density at radius 1 is 0.842 bits per heavy atom. The number of cyclic esters (lactones) is 1. The first-order valence-electron chi connectivity index (χ1n) is 14.7. The molecule has 0 radical (unpaired) electrons. The van der Waals surface area contributed by atoms with Crippen molar-refractivity contribution < 1.29 is 34.0 Å². The molecule has 0 amide bonds. The monoisotopic (exact) mass is 532 g/mol. The second-order valence-electron chi connectivity index (χ2n) is 10.2. The van der Waals surface area contributed by atoms with Gasteiger partial charge in [-0.2, -0.15) is 0 Å². The summed E-state index contributed by atoms with van der Waals surface area (Å²) < 4.78 is 16.2. The summed E-state index contributed by atoms with van der Waals surface area (Å²) in [5.41, 5.74) is 0.286. The summed E-state index contributed by atoms with van der Waals surface area (Å²) in [4.78, 5) is 24.9. The molecule has 0 unspecified atom stereocenters. The largest absolute Gasteiger partial charge is 0.484 e. The van der Waals surface area contributed by atoms with Crippen LogP contribution in [0.15, 0.2) is 41.9 Å². The minimum absolute atomic E-state index is 0.193. The summed E-state index contributed by atoms with van der Waals surface area (Å²) in [6.07, 6.45) is 17.5. The van der Waals surface area contributed by atoms with Crippen LogP contribution in [0.5, 0.6) is 0 Å². The summed E-state index contributed by atoms with van der Waals surface area (Å²) in [6.45, 7) is 1.88. The van der Waals surface area contributed by atoms with Crippen molar-refractivity contribution in [3.05, 3.63) is 47.4 Å². The van der Waals surface area contributed by atoms with Crippen molar-refractivity contribution in [1.82, 2.24) is 0 Å². The number of rotatable bonds is 22. The summed E-state index contributed by atoms with van der Waals surface area (Å²) in [7, 11) is 0. The third-order valence-electron chi connectivity index (χ3n) is 6.89. The van der Waals surface area contributed by atoms with E-state index in [1.807, 2.05) is 0 Å². The topological polar surface area (TPSA) is 102 Å². The van der Waals surface area contributed by atoms with Crippen LogP contribution in [-0.4, -0.2) is 47.6 Å². The van der Waals surface area contributed by atoms with E-state index in [2.05, 4.69) is 6.92 Å². The van der Waals surface area contributed by atoms with Gasteiger partial charge in [-0.1, -0.05) is 121 Å². The maximum atomic E-state index is 12.5. The predicted molar refractivity (Wildman–Crippen MR) is 147 cm³/mol. The van der Waals surface area contributed by atoms with Gasteiger partial charge in [0.15, 0.2) is 6.10 Å². The number of carbonyl (C=O) groups excluding carboxylic acids is 2. The van der Waals surface area contributed by atoms with Gasteiger partial charge in [-0.25, -0.2) is 9.59 Å². The zero-order chi connectivity index (χ0) is 27.4. The number of aliphatic hydroxyl groups is 2. The molecule has 1 aromatic carbocycles. The maximum Gasteiger partial charge on any atom is 0.378 e. The van der Waals surface area contributed by atoms with E-state index in [4.69, 9.17) is 14.2 Å². The third-order valence-corrected chi connectivity index (χ3v) is 6.89. The van der Waals surface area contributed by atoms with E-state index in [1.165, 1.54) is 83.5 Å². The van der Waals surface area contributed by atoms with Crippen molar-refractivity contribution in [2.24, 2.45) is 0 Å². The third kappa shape index (κ3) is 12.0. The zero-order valence-corrected chi connectivity index (χ0v) is 23.2. The molecule has 0 saturated carbocycles. The summed E-state index contributed by atoms with van der Waals surface area (Å²) in [6, 6.07) is 8.30. The Hall–Kier alpha value is -2.38. The van der Waals surface area contributed by atoms with E-state index in [9.17, 15) is 19.8 Å². The highest BCUT2D eigenvalue weighted by atomic mass is 16.6. The van der Waals surface area contributed by atoms with Gasteiger partial charge in [-0.05, 0) is 18.6 Å². The Morgan fingerprint density at radius 2 is 1.34 bits per heavy atom. The van der Waals surface area contributed by atoms with Crippen LogP contribution in [0.1, 0.15) is 120 Å². The van der Waals surface area contributed by atoms with Gasteiger partial charge in [0.05, 0.1) is 18.8 Å². The van der Waals surface area contributed by atoms with Crippen LogP contribution in [0.4, 0.5) is 0 Å². The smallest absolute Gasteiger partial charge is 0.378 e. The minimum atomic E-state index is -1.42. The number of unbranched alkanes of at least 4 members (excludes halogenated alkanes) is 15. The fourth-order valence-corrected chi connectivity index (χ4v) is 4.59. The normalized spacial score (nSPS) is 16.0. The van der Waals surface area contributed by atoms with Crippen LogP contribution in [0.3, 0.4) is 0 Å².